The van der Waals surface area contributed by atoms with Gasteiger partial charge in [0.25, 0.3) is 0 Å². The summed E-state index contributed by atoms with van der Waals surface area (Å²) in [7, 11) is 0. The summed E-state index contributed by atoms with van der Waals surface area (Å²) in [5, 5.41) is 12.5. The number of anilines is 1. The van der Waals surface area contributed by atoms with Crippen LogP contribution in [-0.4, -0.2) is 44.8 Å². The molecule has 4 rings (SSSR count). The second-order valence-electron chi connectivity index (χ2n) is 9.02. The number of carbonyl (C=O) groups is 2. The van der Waals surface area contributed by atoms with E-state index in [1.54, 1.807) is 6.20 Å². The number of carbonyl (C=O) groups excluding carboxylic acids is 1. The van der Waals surface area contributed by atoms with Crippen molar-refractivity contribution in [2.75, 3.05) is 11.1 Å². The molecule has 2 aliphatic carbocycles. The number of rotatable bonds is 8. The molecule has 1 aromatic carbocycles. The maximum Gasteiger partial charge on any atom is 0.324 e. The molecule has 0 radical (unpaired) electrons. The number of aromatic nitrogens is 1. The third-order valence-corrected chi connectivity index (χ3v) is 8.93. The molecule has 0 aliphatic heterocycles. The molecule has 2 amide bonds. The van der Waals surface area contributed by atoms with Crippen LogP contribution < -0.4 is 5.32 Å². The summed E-state index contributed by atoms with van der Waals surface area (Å²) in [6.07, 6.45) is 12.0. The van der Waals surface area contributed by atoms with Crippen molar-refractivity contribution < 1.29 is 14.7 Å². The molecule has 2 saturated carbocycles. The molecule has 1 aromatic heterocycles. The minimum atomic E-state index is -0.800. The van der Waals surface area contributed by atoms with Crippen molar-refractivity contribution in [2.45, 2.75) is 86.4 Å². The van der Waals surface area contributed by atoms with Gasteiger partial charge in [0.2, 0.25) is 0 Å². The monoisotopic (exact) mass is 487 g/mol. The Morgan fingerprint density at radius 1 is 1.03 bits per heavy atom. The van der Waals surface area contributed by atoms with E-state index in [1.165, 1.54) is 47.9 Å². The van der Waals surface area contributed by atoms with Crippen LogP contribution in [0.15, 0.2) is 40.7 Å². The van der Waals surface area contributed by atoms with Crippen molar-refractivity contribution in [2.24, 2.45) is 0 Å². The number of urea groups is 1. The van der Waals surface area contributed by atoms with Gasteiger partial charge in [0.05, 0.1) is 16.8 Å². The standard InChI is InChI=1S/C25H33N3O3S2/c29-22(30)15-16-32-23-17-26-24(33-23)27-25(31)28(20-9-5-2-6-10-20)21-13-11-19(12-14-21)18-7-3-1-4-8-18/h1,3-4,7-8,17,19-21H,2,5-6,9-16H2,(H,29,30)(H,26,27,31). The molecule has 2 N–H and O–H groups in total. The molecule has 0 atom stereocenters. The highest BCUT2D eigenvalue weighted by Crippen LogP contribution is 2.37. The topological polar surface area (TPSA) is 82.5 Å². The quantitative estimate of drug-likeness (QED) is 0.410. The van der Waals surface area contributed by atoms with Gasteiger partial charge in [-0.3, -0.25) is 10.1 Å². The van der Waals surface area contributed by atoms with Gasteiger partial charge in [-0.05, 0) is 50.0 Å². The fourth-order valence-corrected chi connectivity index (χ4v) is 7.05. The van der Waals surface area contributed by atoms with Crippen molar-refractivity contribution >= 4 is 40.2 Å². The predicted molar refractivity (Wildman–Crippen MR) is 134 cm³/mol. The number of thiazole rings is 1. The number of hydrogen-bond acceptors (Lipinski definition) is 5. The molecule has 2 fully saturated rings. The lowest BCUT2D eigenvalue weighted by Gasteiger charge is -2.42. The average Bonchev–Trinajstić information content (AvgIpc) is 3.28. The minimum absolute atomic E-state index is 0.0264. The largest absolute Gasteiger partial charge is 0.481 e. The Bertz CT molecular complexity index is 907. The lowest BCUT2D eigenvalue weighted by molar-refractivity contribution is -0.136. The van der Waals surface area contributed by atoms with E-state index in [9.17, 15) is 9.59 Å². The molecule has 0 unspecified atom stereocenters. The smallest absolute Gasteiger partial charge is 0.324 e. The Kier molecular flexibility index (Phi) is 8.67. The van der Waals surface area contributed by atoms with Gasteiger partial charge in [-0.2, -0.15) is 0 Å². The maximum absolute atomic E-state index is 13.5. The Morgan fingerprint density at radius 2 is 1.73 bits per heavy atom. The molecule has 0 saturated heterocycles. The summed E-state index contributed by atoms with van der Waals surface area (Å²) in [6, 6.07) is 11.3. The highest BCUT2D eigenvalue weighted by molar-refractivity contribution is 8.01. The number of nitrogens with zero attached hydrogens (tertiary/aromatic N) is 2. The van der Waals surface area contributed by atoms with Gasteiger partial charge >= 0.3 is 12.0 Å². The Morgan fingerprint density at radius 3 is 2.42 bits per heavy atom. The zero-order valence-corrected chi connectivity index (χ0v) is 20.6. The third kappa shape index (κ3) is 6.73. The Balaban J connectivity index is 1.39. The highest BCUT2D eigenvalue weighted by Gasteiger charge is 2.35. The van der Waals surface area contributed by atoms with Crippen LogP contribution in [0.3, 0.4) is 0 Å². The summed E-state index contributed by atoms with van der Waals surface area (Å²) < 4.78 is 0.930. The van der Waals surface area contributed by atoms with Gasteiger partial charge in [0.1, 0.15) is 0 Å². The first-order valence-corrected chi connectivity index (χ1v) is 13.8. The normalized spacial score (nSPS) is 21.5. The molecule has 2 aromatic rings. The first kappa shape index (κ1) is 24.1. The van der Waals surface area contributed by atoms with Crippen LogP contribution in [0.4, 0.5) is 9.93 Å². The van der Waals surface area contributed by atoms with E-state index >= 15 is 0 Å². The predicted octanol–water partition coefficient (Wildman–Crippen LogP) is 6.60. The number of carboxylic acids is 1. The summed E-state index contributed by atoms with van der Waals surface area (Å²) in [5.41, 5.74) is 1.42. The molecular weight excluding hydrogens is 454 g/mol. The molecule has 33 heavy (non-hydrogen) atoms. The number of nitrogens with one attached hydrogen (secondary N) is 1. The van der Waals surface area contributed by atoms with Gasteiger partial charge in [-0.15, -0.1) is 11.8 Å². The molecule has 6 nitrogen and oxygen atoms in total. The number of benzene rings is 1. The molecular formula is C25H33N3O3S2. The van der Waals surface area contributed by atoms with E-state index < -0.39 is 5.97 Å². The van der Waals surface area contributed by atoms with Gasteiger partial charge in [0, 0.05) is 17.8 Å². The number of carboxylic acid groups (broad SMARTS) is 1. The zero-order chi connectivity index (χ0) is 23.0. The molecule has 0 spiro atoms. The Hall–Kier alpha value is -2.06. The molecule has 0 bridgehead atoms. The van der Waals surface area contributed by atoms with Gasteiger partial charge in [0.15, 0.2) is 5.13 Å². The average molecular weight is 488 g/mol. The summed E-state index contributed by atoms with van der Waals surface area (Å²) in [5.74, 6) is 0.290. The van der Waals surface area contributed by atoms with E-state index in [4.69, 9.17) is 5.11 Å². The lowest BCUT2D eigenvalue weighted by atomic mass is 9.80. The fraction of sp³-hybridized carbons (Fsp3) is 0.560. The first-order valence-electron chi connectivity index (χ1n) is 12.0. The van der Waals surface area contributed by atoms with Crippen molar-refractivity contribution in [3.05, 3.63) is 42.1 Å². The summed E-state index contributed by atoms with van der Waals surface area (Å²) in [6.45, 7) is 0. The first-order chi connectivity index (χ1) is 16.1. The van der Waals surface area contributed by atoms with Crippen LogP contribution in [0.5, 0.6) is 0 Å². The van der Waals surface area contributed by atoms with Gasteiger partial charge < -0.3 is 10.0 Å². The van der Waals surface area contributed by atoms with Crippen LogP contribution in [0, 0.1) is 0 Å². The lowest BCUT2D eigenvalue weighted by Crippen LogP contribution is -2.50. The molecule has 1 heterocycles. The number of hydrogen-bond donors (Lipinski definition) is 2. The van der Waals surface area contributed by atoms with Crippen LogP contribution in [0.1, 0.15) is 75.7 Å². The van der Waals surface area contributed by atoms with Crippen molar-refractivity contribution in [3.8, 4) is 0 Å². The summed E-state index contributed by atoms with van der Waals surface area (Å²) in [4.78, 5) is 30.7. The number of aliphatic carboxylic acids is 1. The van der Waals surface area contributed by atoms with Crippen LogP contribution in [0.2, 0.25) is 0 Å². The Labute approximate surface area is 204 Å². The molecule has 8 heteroatoms. The molecule has 178 valence electrons. The van der Waals surface area contributed by atoms with Crippen LogP contribution in [-0.2, 0) is 4.79 Å². The second kappa shape index (κ2) is 11.9. The maximum atomic E-state index is 13.5. The third-order valence-electron chi connectivity index (χ3n) is 6.82. The zero-order valence-electron chi connectivity index (χ0n) is 18.9. The summed E-state index contributed by atoms with van der Waals surface area (Å²) >= 11 is 2.89. The van der Waals surface area contributed by atoms with Crippen LogP contribution >= 0.6 is 23.1 Å². The van der Waals surface area contributed by atoms with Crippen LogP contribution in [0.25, 0.3) is 0 Å². The van der Waals surface area contributed by atoms with E-state index in [0.717, 1.165) is 42.7 Å². The van der Waals surface area contributed by atoms with Crippen molar-refractivity contribution in [3.63, 3.8) is 0 Å². The van der Waals surface area contributed by atoms with Gasteiger partial charge in [-0.1, -0.05) is 60.9 Å². The SMILES string of the molecule is O=C(O)CCSc1cnc(NC(=O)N(C2CCCCC2)C2CCC(c3ccccc3)CC2)s1. The number of amides is 2. The van der Waals surface area contributed by atoms with E-state index in [0.29, 0.717) is 22.8 Å². The van der Waals surface area contributed by atoms with Gasteiger partial charge in [-0.25, -0.2) is 9.78 Å². The van der Waals surface area contributed by atoms with E-state index in [2.05, 4.69) is 45.5 Å². The van der Waals surface area contributed by atoms with Crippen molar-refractivity contribution in [1.29, 1.82) is 0 Å². The second-order valence-corrected chi connectivity index (χ2v) is 11.4. The number of thioether (sulfide) groups is 1. The minimum Gasteiger partial charge on any atom is -0.481 e. The van der Waals surface area contributed by atoms with E-state index in [1.807, 2.05) is 0 Å². The highest BCUT2D eigenvalue weighted by atomic mass is 32.2. The van der Waals surface area contributed by atoms with E-state index in [-0.39, 0.29) is 18.5 Å². The van der Waals surface area contributed by atoms with Crippen molar-refractivity contribution in [1.82, 2.24) is 9.88 Å². The molecule has 2 aliphatic rings. The fourth-order valence-electron chi connectivity index (χ4n) is 5.18.